The van der Waals surface area contributed by atoms with Gasteiger partial charge in [-0.2, -0.15) is 4.98 Å². The lowest BCUT2D eigenvalue weighted by Crippen LogP contribution is -2.26. The van der Waals surface area contributed by atoms with Gasteiger partial charge in [-0.1, -0.05) is 0 Å². The van der Waals surface area contributed by atoms with E-state index in [0.717, 1.165) is 5.39 Å². The Morgan fingerprint density at radius 2 is 2.00 bits per heavy atom. The molecule has 7 heteroatoms. The molecule has 0 atom stereocenters. The van der Waals surface area contributed by atoms with Crippen LogP contribution >= 0.6 is 0 Å². The highest BCUT2D eigenvalue weighted by Gasteiger charge is 2.17. The first-order valence-electron chi connectivity index (χ1n) is 7.31. The molecule has 124 valence electrons. The van der Waals surface area contributed by atoms with Crippen molar-refractivity contribution in [3.05, 3.63) is 28.3 Å². The van der Waals surface area contributed by atoms with E-state index in [1.54, 1.807) is 19.9 Å². The van der Waals surface area contributed by atoms with E-state index >= 15 is 0 Å². The maximum Gasteiger partial charge on any atom is 0.348 e. The number of aromatic nitrogens is 2. The third-order valence-electron chi connectivity index (χ3n) is 3.52. The van der Waals surface area contributed by atoms with Crippen molar-refractivity contribution in [2.45, 2.75) is 26.8 Å². The van der Waals surface area contributed by atoms with E-state index in [1.807, 2.05) is 6.07 Å². The average Bonchev–Trinajstić information content (AvgIpc) is 2.53. The van der Waals surface area contributed by atoms with Gasteiger partial charge in [0.2, 0.25) is 0 Å². The molecule has 1 aromatic heterocycles. The Labute approximate surface area is 133 Å². The number of methoxy groups -OCH3 is 2. The van der Waals surface area contributed by atoms with Crippen molar-refractivity contribution < 1.29 is 19.0 Å². The first-order valence-corrected chi connectivity index (χ1v) is 7.31. The van der Waals surface area contributed by atoms with Crippen molar-refractivity contribution in [3.63, 3.8) is 0 Å². The van der Waals surface area contributed by atoms with Crippen molar-refractivity contribution in [1.82, 2.24) is 9.55 Å². The third-order valence-corrected chi connectivity index (χ3v) is 3.52. The van der Waals surface area contributed by atoms with Crippen molar-refractivity contribution in [2.75, 3.05) is 20.8 Å². The lowest BCUT2D eigenvalue weighted by atomic mass is 10.1. The predicted octanol–water partition coefficient (Wildman–Crippen LogP) is 1.68. The molecule has 7 nitrogen and oxygen atoms in total. The number of esters is 1. The SMILES string of the molecule is CCOC(=O)CCn1c(=O)nc(C)c2ccc(OC)c(OC)c21. The second-order valence-electron chi connectivity index (χ2n) is 4.88. The van der Waals surface area contributed by atoms with Crippen LogP contribution in [0.2, 0.25) is 0 Å². The monoisotopic (exact) mass is 320 g/mol. The van der Waals surface area contributed by atoms with Gasteiger partial charge >= 0.3 is 11.7 Å². The average molecular weight is 320 g/mol. The Morgan fingerprint density at radius 3 is 2.61 bits per heavy atom. The van der Waals surface area contributed by atoms with Gasteiger partial charge in [0.25, 0.3) is 0 Å². The lowest BCUT2D eigenvalue weighted by molar-refractivity contribution is -0.143. The summed E-state index contributed by atoms with van der Waals surface area (Å²) in [5, 5.41) is 0.770. The normalized spacial score (nSPS) is 10.6. The molecule has 2 aromatic rings. The fraction of sp³-hybridized carbons (Fsp3) is 0.438. The van der Waals surface area contributed by atoms with E-state index in [9.17, 15) is 9.59 Å². The first-order chi connectivity index (χ1) is 11.0. The zero-order valence-corrected chi connectivity index (χ0v) is 13.7. The second kappa shape index (κ2) is 7.13. The molecule has 1 heterocycles. The van der Waals surface area contributed by atoms with Gasteiger partial charge in [-0.05, 0) is 26.0 Å². The minimum absolute atomic E-state index is 0.0773. The Hall–Kier alpha value is -2.57. The summed E-state index contributed by atoms with van der Waals surface area (Å²) in [5.41, 5.74) is 0.720. The predicted molar refractivity (Wildman–Crippen MR) is 85.1 cm³/mol. The lowest BCUT2D eigenvalue weighted by Gasteiger charge is -2.16. The van der Waals surface area contributed by atoms with Crippen LogP contribution in [-0.2, 0) is 16.1 Å². The van der Waals surface area contributed by atoms with Crippen LogP contribution in [-0.4, -0.2) is 36.3 Å². The Balaban J connectivity index is 2.62. The minimum Gasteiger partial charge on any atom is -0.493 e. The van der Waals surface area contributed by atoms with Crippen LogP contribution in [0.15, 0.2) is 16.9 Å². The third kappa shape index (κ3) is 3.28. The number of rotatable bonds is 6. The summed E-state index contributed by atoms with van der Waals surface area (Å²) >= 11 is 0. The van der Waals surface area contributed by atoms with Crippen molar-refractivity contribution >= 4 is 16.9 Å². The number of ether oxygens (including phenoxy) is 3. The molecule has 23 heavy (non-hydrogen) atoms. The fourth-order valence-electron chi connectivity index (χ4n) is 2.47. The molecule has 0 spiro atoms. The van der Waals surface area contributed by atoms with Crippen LogP contribution in [0.1, 0.15) is 19.0 Å². The summed E-state index contributed by atoms with van der Waals surface area (Å²) in [7, 11) is 3.03. The number of carbonyl (C=O) groups is 1. The Bertz CT molecular complexity index is 782. The van der Waals surface area contributed by atoms with Gasteiger partial charge in [0, 0.05) is 11.9 Å². The van der Waals surface area contributed by atoms with Crippen LogP contribution in [0.25, 0.3) is 10.9 Å². The first kappa shape index (κ1) is 16.8. The molecule has 2 rings (SSSR count). The molecule has 1 aromatic carbocycles. The standard InChI is InChI=1S/C16H20N2O5/c1-5-23-13(19)8-9-18-14-11(10(2)17-16(18)20)6-7-12(21-3)15(14)22-4/h6-7H,5,8-9H2,1-4H3. The van der Waals surface area contributed by atoms with E-state index in [1.165, 1.54) is 18.8 Å². The van der Waals surface area contributed by atoms with Crippen molar-refractivity contribution in [1.29, 1.82) is 0 Å². The van der Waals surface area contributed by atoms with Gasteiger partial charge in [0.05, 0.1) is 32.9 Å². The largest absolute Gasteiger partial charge is 0.493 e. The van der Waals surface area contributed by atoms with Crippen molar-refractivity contribution in [3.8, 4) is 11.5 Å². The van der Waals surface area contributed by atoms with Crippen LogP contribution < -0.4 is 15.2 Å². The highest BCUT2D eigenvalue weighted by Crippen LogP contribution is 2.35. The van der Waals surface area contributed by atoms with E-state index in [-0.39, 0.29) is 18.9 Å². The summed E-state index contributed by atoms with van der Waals surface area (Å²) in [5.74, 6) is 0.585. The second-order valence-corrected chi connectivity index (χ2v) is 4.88. The molecule has 0 saturated carbocycles. The van der Waals surface area contributed by atoms with Crippen molar-refractivity contribution in [2.24, 2.45) is 0 Å². The van der Waals surface area contributed by atoms with Crippen LogP contribution in [0.5, 0.6) is 11.5 Å². The molecule has 0 aliphatic carbocycles. The van der Waals surface area contributed by atoms with Crippen LogP contribution in [0, 0.1) is 6.92 Å². The molecule has 0 unspecified atom stereocenters. The number of benzene rings is 1. The summed E-state index contributed by atoms with van der Waals surface area (Å²) in [6, 6.07) is 3.58. The van der Waals surface area contributed by atoms with Crippen LogP contribution in [0.4, 0.5) is 0 Å². The van der Waals surface area contributed by atoms with Gasteiger partial charge in [-0.3, -0.25) is 9.36 Å². The maximum absolute atomic E-state index is 12.3. The summed E-state index contributed by atoms with van der Waals surface area (Å²) in [6.07, 6.45) is 0.0773. The summed E-state index contributed by atoms with van der Waals surface area (Å²) in [4.78, 5) is 27.9. The molecule has 0 amide bonds. The van der Waals surface area contributed by atoms with Crippen LogP contribution in [0.3, 0.4) is 0 Å². The Kier molecular flexibility index (Phi) is 5.20. The number of hydrogen-bond donors (Lipinski definition) is 0. The number of carbonyl (C=O) groups excluding carboxylic acids is 1. The minimum atomic E-state index is -0.439. The molecule has 0 aliphatic heterocycles. The van der Waals surface area contributed by atoms with E-state index in [2.05, 4.69) is 4.98 Å². The van der Waals surface area contributed by atoms with E-state index in [0.29, 0.717) is 29.3 Å². The molecule has 0 N–H and O–H groups in total. The highest BCUT2D eigenvalue weighted by molar-refractivity contribution is 5.89. The molecule has 0 bridgehead atoms. The summed E-state index contributed by atoms with van der Waals surface area (Å²) < 4.78 is 17.0. The molecule has 0 saturated heterocycles. The fourth-order valence-corrected chi connectivity index (χ4v) is 2.47. The number of aryl methyl sites for hydroxylation is 2. The van der Waals surface area contributed by atoms with E-state index < -0.39 is 5.69 Å². The van der Waals surface area contributed by atoms with Gasteiger partial charge in [-0.25, -0.2) is 4.79 Å². The van der Waals surface area contributed by atoms with Gasteiger partial charge < -0.3 is 14.2 Å². The quantitative estimate of drug-likeness (QED) is 0.753. The topological polar surface area (TPSA) is 79.7 Å². The molecular weight excluding hydrogens is 300 g/mol. The zero-order valence-electron chi connectivity index (χ0n) is 13.7. The van der Waals surface area contributed by atoms with Gasteiger partial charge in [-0.15, -0.1) is 0 Å². The smallest absolute Gasteiger partial charge is 0.348 e. The zero-order chi connectivity index (χ0) is 17.0. The molecule has 0 aliphatic rings. The Morgan fingerprint density at radius 1 is 1.26 bits per heavy atom. The molecular formula is C16H20N2O5. The number of hydrogen-bond acceptors (Lipinski definition) is 6. The molecule has 0 radical (unpaired) electrons. The summed E-state index contributed by atoms with van der Waals surface area (Å²) in [6.45, 7) is 3.95. The molecule has 0 fully saturated rings. The van der Waals surface area contributed by atoms with Gasteiger partial charge in [0.15, 0.2) is 11.5 Å². The van der Waals surface area contributed by atoms with Gasteiger partial charge in [0.1, 0.15) is 5.52 Å². The number of nitrogens with zero attached hydrogens (tertiary/aromatic N) is 2. The maximum atomic E-state index is 12.3. The van der Waals surface area contributed by atoms with E-state index in [4.69, 9.17) is 14.2 Å². The highest BCUT2D eigenvalue weighted by atomic mass is 16.5. The number of fused-ring (bicyclic) bond motifs is 1.